The monoisotopic (exact) mass is 182 g/mol. The fraction of sp³-hybridized carbons (Fsp3) is 0.667. The average molecular weight is 182 g/mol. The van der Waals surface area contributed by atoms with Crippen LogP contribution < -0.4 is 0 Å². The van der Waals surface area contributed by atoms with Gasteiger partial charge in [0.05, 0.1) is 6.10 Å². The van der Waals surface area contributed by atoms with Gasteiger partial charge in [0.1, 0.15) is 0 Å². The molecule has 0 fully saturated rings. The van der Waals surface area contributed by atoms with Crippen molar-refractivity contribution in [2.45, 2.75) is 51.6 Å². The Morgan fingerprint density at radius 1 is 1.31 bits per heavy atom. The van der Waals surface area contributed by atoms with Gasteiger partial charge in [-0.05, 0) is 12.0 Å². The van der Waals surface area contributed by atoms with Crippen molar-refractivity contribution in [2.24, 2.45) is 0 Å². The minimum Gasteiger partial charge on any atom is -0.388 e. The van der Waals surface area contributed by atoms with Gasteiger partial charge in [-0.15, -0.1) is 0 Å². The maximum atomic E-state index is 9.50. The Bertz CT molecular complexity index is 149. The average Bonchev–Trinajstić information content (AvgIpc) is 2.16. The molecule has 0 heterocycles. The van der Waals surface area contributed by atoms with Gasteiger partial charge >= 0.3 is 0 Å². The molecule has 0 aliphatic heterocycles. The number of unbranched alkanes of at least 4 members (excludes halogenated alkanes) is 4. The van der Waals surface area contributed by atoms with Crippen LogP contribution in [0, 0.1) is 0 Å². The molecule has 0 rings (SSSR count). The topological polar surface area (TPSA) is 20.2 Å². The third-order valence-electron chi connectivity index (χ3n) is 2.27. The largest absolute Gasteiger partial charge is 0.388 e. The number of hydrogen-bond acceptors (Lipinski definition) is 1. The molecule has 0 saturated carbocycles. The number of rotatable bonds is 8. The predicted octanol–water partition coefficient (Wildman–Crippen LogP) is 3.45. The van der Waals surface area contributed by atoms with Crippen LogP contribution in [-0.2, 0) is 0 Å². The highest BCUT2D eigenvalue weighted by atomic mass is 16.3. The highest BCUT2D eigenvalue weighted by Crippen LogP contribution is 2.11. The molecule has 0 aromatic heterocycles. The maximum Gasteiger partial charge on any atom is 0.0784 e. The van der Waals surface area contributed by atoms with Crippen molar-refractivity contribution in [3.63, 3.8) is 0 Å². The van der Waals surface area contributed by atoms with Crippen LogP contribution in [0.25, 0.3) is 0 Å². The molecule has 0 bridgehead atoms. The van der Waals surface area contributed by atoms with Gasteiger partial charge < -0.3 is 5.11 Å². The van der Waals surface area contributed by atoms with E-state index in [0.29, 0.717) is 0 Å². The van der Waals surface area contributed by atoms with Crippen molar-refractivity contribution < 1.29 is 5.11 Å². The minimum atomic E-state index is -0.376. The Labute approximate surface area is 82.2 Å². The summed E-state index contributed by atoms with van der Waals surface area (Å²) in [5.41, 5.74) is 0.746. The zero-order valence-corrected chi connectivity index (χ0v) is 8.76. The Hall–Kier alpha value is -0.560. The first-order valence-electron chi connectivity index (χ1n) is 5.21. The second-order valence-corrected chi connectivity index (χ2v) is 3.50. The molecular formula is C12H22O. The zero-order valence-electron chi connectivity index (χ0n) is 8.76. The number of aliphatic hydroxyl groups is 1. The van der Waals surface area contributed by atoms with Crippen LogP contribution in [0.5, 0.6) is 0 Å². The third kappa shape index (κ3) is 6.59. The van der Waals surface area contributed by atoms with Crippen molar-refractivity contribution in [1.82, 2.24) is 0 Å². The summed E-state index contributed by atoms with van der Waals surface area (Å²) in [6, 6.07) is 0. The maximum absolute atomic E-state index is 9.50. The van der Waals surface area contributed by atoms with E-state index >= 15 is 0 Å². The molecule has 1 heteroatoms. The lowest BCUT2D eigenvalue weighted by atomic mass is 10.0. The first-order chi connectivity index (χ1) is 6.22. The van der Waals surface area contributed by atoms with Gasteiger partial charge in [-0.1, -0.05) is 58.3 Å². The first-order valence-corrected chi connectivity index (χ1v) is 5.21. The summed E-state index contributed by atoms with van der Waals surface area (Å²) >= 11 is 0. The third-order valence-corrected chi connectivity index (χ3v) is 2.27. The van der Waals surface area contributed by atoms with Gasteiger partial charge in [-0.25, -0.2) is 0 Å². The van der Waals surface area contributed by atoms with E-state index in [2.05, 4.69) is 20.1 Å². The van der Waals surface area contributed by atoms with E-state index in [1.165, 1.54) is 25.7 Å². The Morgan fingerprint density at radius 2 is 1.92 bits per heavy atom. The van der Waals surface area contributed by atoms with Crippen LogP contribution in [0.4, 0.5) is 0 Å². The molecule has 76 valence electrons. The molecule has 0 saturated heterocycles. The Kier molecular flexibility index (Phi) is 7.71. The molecule has 0 amide bonds. The van der Waals surface area contributed by atoms with E-state index in [1.54, 1.807) is 6.08 Å². The Balaban J connectivity index is 3.31. The molecular weight excluding hydrogens is 160 g/mol. The Morgan fingerprint density at radius 3 is 2.46 bits per heavy atom. The standard InChI is InChI=1S/C12H22O/c1-4-6-7-8-9-10-12(13)11(3)5-2/h5,12-13H,2-4,6-10H2,1H3/t12-/m1/s1. The second kappa shape index (κ2) is 8.06. The molecule has 0 aromatic carbocycles. The van der Waals surface area contributed by atoms with Gasteiger partial charge in [-0.2, -0.15) is 0 Å². The van der Waals surface area contributed by atoms with Crippen LogP contribution in [0.3, 0.4) is 0 Å². The van der Waals surface area contributed by atoms with Gasteiger partial charge in [0.2, 0.25) is 0 Å². The molecule has 0 aliphatic rings. The van der Waals surface area contributed by atoms with Crippen molar-refractivity contribution in [2.75, 3.05) is 0 Å². The summed E-state index contributed by atoms with van der Waals surface area (Å²) in [5, 5.41) is 9.50. The van der Waals surface area contributed by atoms with E-state index in [0.717, 1.165) is 18.4 Å². The summed E-state index contributed by atoms with van der Waals surface area (Å²) in [4.78, 5) is 0. The van der Waals surface area contributed by atoms with Crippen LogP contribution >= 0.6 is 0 Å². The van der Waals surface area contributed by atoms with Gasteiger partial charge in [0.15, 0.2) is 0 Å². The zero-order chi connectivity index (χ0) is 10.1. The van der Waals surface area contributed by atoms with E-state index in [1.807, 2.05) is 0 Å². The van der Waals surface area contributed by atoms with Crippen molar-refractivity contribution in [1.29, 1.82) is 0 Å². The SMILES string of the molecule is C=CC(=C)[C@H](O)CCCCCCC. The van der Waals surface area contributed by atoms with E-state index in [9.17, 15) is 5.11 Å². The molecule has 0 aromatic rings. The number of hydrogen-bond donors (Lipinski definition) is 1. The number of aliphatic hydroxyl groups excluding tert-OH is 1. The molecule has 0 aliphatic carbocycles. The van der Waals surface area contributed by atoms with Crippen molar-refractivity contribution in [3.05, 3.63) is 24.8 Å². The normalized spacial score (nSPS) is 12.5. The highest BCUT2D eigenvalue weighted by Gasteiger charge is 2.04. The van der Waals surface area contributed by atoms with E-state index in [-0.39, 0.29) is 6.10 Å². The molecule has 1 nitrogen and oxygen atoms in total. The summed E-state index contributed by atoms with van der Waals surface area (Å²) in [5.74, 6) is 0. The molecule has 1 N–H and O–H groups in total. The van der Waals surface area contributed by atoms with Gasteiger partial charge in [-0.3, -0.25) is 0 Å². The van der Waals surface area contributed by atoms with Crippen LogP contribution in [0.2, 0.25) is 0 Å². The molecule has 0 spiro atoms. The lowest BCUT2D eigenvalue weighted by Crippen LogP contribution is -2.07. The van der Waals surface area contributed by atoms with Crippen molar-refractivity contribution in [3.8, 4) is 0 Å². The molecule has 1 atom stereocenters. The summed E-state index contributed by atoms with van der Waals surface area (Å²) in [6.07, 6.45) is 8.25. The quantitative estimate of drug-likeness (QED) is 0.450. The predicted molar refractivity (Wildman–Crippen MR) is 58.7 cm³/mol. The van der Waals surface area contributed by atoms with Crippen LogP contribution in [0.1, 0.15) is 45.4 Å². The summed E-state index contributed by atoms with van der Waals surface area (Å²) in [6.45, 7) is 9.50. The lowest BCUT2D eigenvalue weighted by molar-refractivity contribution is 0.200. The van der Waals surface area contributed by atoms with Gasteiger partial charge in [0.25, 0.3) is 0 Å². The van der Waals surface area contributed by atoms with E-state index in [4.69, 9.17) is 0 Å². The molecule has 13 heavy (non-hydrogen) atoms. The molecule has 0 unspecified atom stereocenters. The van der Waals surface area contributed by atoms with Crippen LogP contribution in [0.15, 0.2) is 24.8 Å². The molecule has 0 radical (unpaired) electrons. The second-order valence-electron chi connectivity index (χ2n) is 3.50. The van der Waals surface area contributed by atoms with Crippen molar-refractivity contribution >= 4 is 0 Å². The summed E-state index contributed by atoms with van der Waals surface area (Å²) in [7, 11) is 0. The fourth-order valence-electron chi connectivity index (χ4n) is 1.26. The fourth-order valence-corrected chi connectivity index (χ4v) is 1.26. The smallest absolute Gasteiger partial charge is 0.0784 e. The van der Waals surface area contributed by atoms with Crippen LogP contribution in [-0.4, -0.2) is 11.2 Å². The lowest BCUT2D eigenvalue weighted by Gasteiger charge is -2.09. The minimum absolute atomic E-state index is 0.376. The summed E-state index contributed by atoms with van der Waals surface area (Å²) < 4.78 is 0. The van der Waals surface area contributed by atoms with Gasteiger partial charge in [0, 0.05) is 0 Å². The first kappa shape index (κ1) is 12.4. The van der Waals surface area contributed by atoms with E-state index < -0.39 is 0 Å². The highest BCUT2D eigenvalue weighted by molar-refractivity contribution is 5.15.